The third-order valence-corrected chi connectivity index (χ3v) is 5.63. The highest BCUT2D eigenvalue weighted by atomic mass is 35.5. The lowest BCUT2D eigenvalue weighted by Crippen LogP contribution is -2.50. The number of nitrogens with zero attached hydrogens (tertiary/aromatic N) is 1. The summed E-state index contributed by atoms with van der Waals surface area (Å²) in [6.07, 6.45) is 1.38. The zero-order valence-electron chi connectivity index (χ0n) is 18.6. The second-order valence-corrected chi connectivity index (χ2v) is 8.38. The third kappa shape index (κ3) is 7.43. The van der Waals surface area contributed by atoms with E-state index in [-0.39, 0.29) is 24.2 Å². The van der Waals surface area contributed by atoms with Gasteiger partial charge in [-0.2, -0.15) is 0 Å². The predicted molar refractivity (Wildman–Crippen MR) is 129 cm³/mol. The Morgan fingerprint density at radius 3 is 2.18 bits per heavy atom. The van der Waals surface area contributed by atoms with Gasteiger partial charge in [-0.15, -0.1) is 0 Å². The topological polar surface area (TPSA) is 49.4 Å². The molecule has 1 atom stereocenters. The lowest BCUT2D eigenvalue weighted by atomic mass is 10.0. The molecule has 0 aliphatic carbocycles. The molecule has 3 aromatic rings. The average molecular weight is 467 g/mol. The Morgan fingerprint density at radius 2 is 1.55 bits per heavy atom. The van der Waals surface area contributed by atoms with Gasteiger partial charge in [0, 0.05) is 31.0 Å². The maximum absolute atomic E-state index is 13.4. The van der Waals surface area contributed by atoms with Gasteiger partial charge in [-0.1, -0.05) is 73.1 Å². The van der Waals surface area contributed by atoms with Gasteiger partial charge >= 0.3 is 0 Å². The average Bonchev–Trinajstić information content (AvgIpc) is 2.82. The molecule has 0 aromatic heterocycles. The van der Waals surface area contributed by atoms with E-state index in [4.69, 9.17) is 11.6 Å². The predicted octanol–water partition coefficient (Wildman–Crippen LogP) is 5.54. The van der Waals surface area contributed by atoms with Crippen LogP contribution in [0.2, 0.25) is 5.02 Å². The fourth-order valence-electron chi connectivity index (χ4n) is 3.61. The quantitative estimate of drug-likeness (QED) is 0.426. The normalized spacial score (nSPS) is 11.6. The van der Waals surface area contributed by atoms with Crippen molar-refractivity contribution in [3.05, 3.63) is 106 Å². The van der Waals surface area contributed by atoms with Crippen molar-refractivity contribution in [3.8, 4) is 0 Å². The van der Waals surface area contributed by atoms with Crippen LogP contribution in [0.1, 0.15) is 36.5 Å². The molecule has 33 heavy (non-hydrogen) atoms. The number of rotatable bonds is 10. The summed E-state index contributed by atoms with van der Waals surface area (Å²) < 4.78 is 13.4. The van der Waals surface area contributed by atoms with Crippen molar-refractivity contribution in [2.75, 3.05) is 0 Å². The number of nitrogens with one attached hydrogen (secondary N) is 1. The van der Waals surface area contributed by atoms with Gasteiger partial charge in [-0.3, -0.25) is 9.59 Å². The van der Waals surface area contributed by atoms with Crippen LogP contribution in [0.4, 0.5) is 4.39 Å². The first kappa shape index (κ1) is 24.5. The molecule has 0 aliphatic heterocycles. The van der Waals surface area contributed by atoms with E-state index in [0.717, 1.165) is 16.7 Å². The van der Waals surface area contributed by atoms with E-state index < -0.39 is 6.04 Å². The second kappa shape index (κ2) is 12.2. The van der Waals surface area contributed by atoms with Crippen LogP contribution in [0.15, 0.2) is 78.9 Å². The molecule has 0 aliphatic rings. The van der Waals surface area contributed by atoms with Crippen LogP contribution >= 0.6 is 11.6 Å². The molecule has 0 unspecified atom stereocenters. The maximum atomic E-state index is 13.4. The van der Waals surface area contributed by atoms with Gasteiger partial charge < -0.3 is 10.2 Å². The zero-order chi connectivity index (χ0) is 23.6. The molecule has 1 N–H and O–H groups in total. The second-order valence-electron chi connectivity index (χ2n) is 7.95. The first-order valence-corrected chi connectivity index (χ1v) is 11.4. The minimum Gasteiger partial charge on any atom is -0.350 e. The fourth-order valence-corrected chi connectivity index (χ4v) is 3.73. The molecule has 0 saturated carbocycles. The first-order valence-electron chi connectivity index (χ1n) is 11.1. The number of halogens is 2. The van der Waals surface area contributed by atoms with Gasteiger partial charge in [0.05, 0.1) is 0 Å². The van der Waals surface area contributed by atoms with E-state index >= 15 is 0 Å². The Balaban J connectivity index is 1.86. The molecular weight excluding hydrogens is 439 g/mol. The van der Waals surface area contributed by atoms with Crippen molar-refractivity contribution < 1.29 is 14.0 Å². The van der Waals surface area contributed by atoms with Gasteiger partial charge in [-0.05, 0) is 47.4 Å². The molecule has 0 heterocycles. The summed E-state index contributed by atoms with van der Waals surface area (Å²) in [5.41, 5.74) is 2.64. The molecule has 172 valence electrons. The Hall–Kier alpha value is -3.18. The fraction of sp³-hybridized carbons (Fsp3) is 0.259. The summed E-state index contributed by atoms with van der Waals surface area (Å²) in [5, 5.41) is 3.60. The van der Waals surface area contributed by atoms with E-state index in [1.807, 2.05) is 49.4 Å². The summed E-state index contributed by atoms with van der Waals surface area (Å²) in [6.45, 7) is 2.49. The zero-order valence-corrected chi connectivity index (χ0v) is 19.4. The minimum absolute atomic E-state index is 0.107. The van der Waals surface area contributed by atoms with Gasteiger partial charge in [0.2, 0.25) is 11.8 Å². The molecule has 3 aromatic carbocycles. The Morgan fingerprint density at radius 1 is 0.909 bits per heavy atom. The minimum atomic E-state index is -0.705. The molecule has 0 radical (unpaired) electrons. The van der Waals surface area contributed by atoms with E-state index in [0.29, 0.717) is 30.8 Å². The van der Waals surface area contributed by atoms with Crippen molar-refractivity contribution in [2.24, 2.45) is 0 Å². The lowest BCUT2D eigenvalue weighted by molar-refractivity contribution is -0.141. The van der Waals surface area contributed by atoms with Crippen molar-refractivity contribution in [1.82, 2.24) is 10.2 Å². The van der Waals surface area contributed by atoms with Crippen LogP contribution in [-0.2, 0) is 29.1 Å². The van der Waals surface area contributed by atoms with Gasteiger partial charge in [-0.25, -0.2) is 4.39 Å². The summed E-state index contributed by atoms with van der Waals surface area (Å²) in [6, 6.07) is 22.2. The van der Waals surface area contributed by atoms with E-state index in [9.17, 15) is 14.0 Å². The van der Waals surface area contributed by atoms with Crippen LogP contribution in [0.25, 0.3) is 0 Å². The number of hydrogen-bond acceptors (Lipinski definition) is 2. The molecule has 0 saturated heterocycles. The van der Waals surface area contributed by atoms with Crippen LogP contribution in [0.5, 0.6) is 0 Å². The monoisotopic (exact) mass is 466 g/mol. The third-order valence-electron chi connectivity index (χ3n) is 5.38. The summed E-state index contributed by atoms with van der Waals surface area (Å²) in [5.74, 6) is -0.684. The van der Waals surface area contributed by atoms with E-state index in [1.54, 1.807) is 29.2 Å². The Labute approximate surface area is 199 Å². The molecular formula is C27H28ClFN2O2. The standard InChI is InChI=1S/C27H28ClFN2O2/c1-2-6-26(32)31(19-22-11-15-24(29)16-12-22)25(17-20-7-4-3-5-8-20)27(33)30-18-21-9-13-23(28)14-10-21/h3-5,7-16,25H,2,6,17-19H2,1H3,(H,30,33)/t25-/m0/s1. The Bertz CT molecular complexity index is 1040. The number of benzene rings is 3. The van der Waals surface area contributed by atoms with Crippen molar-refractivity contribution in [1.29, 1.82) is 0 Å². The molecule has 4 nitrogen and oxygen atoms in total. The van der Waals surface area contributed by atoms with Crippen molar-refractivity contribution in [3.63, 3.8) is 0 Å². The van der Waals surface area contributed by atoms with Crippen molar-refractivity contribution in [2.45, 2.75) is 45.3 Å². The smallest absolute Gasteiger partial charge is 0.243 e. The first-order chi connectivity index (χ1) is 16.0. The highest BCUT2D eigenvalue weighted by molar-refractivity contribution is 6.30. The van der Waals surface area contributed by atoms with Crippen LogP contribution < -0.4 is 5.32 Å². The molecule has 6 heteroatoms. The maximum Gasteiger partial charge on any atom is 0.243 e. The molecule has 2 amide bonds. The highest BCUT2D eigenvalue weighted by Gasteiger charge is 2.29. The molecule has 0 bridgehead atoms. The van der Waals surface area contributed by atoms with Crippen LogP contribution in [0, 0.1) is 5.82 Å². The van der Waals surface area contributed by atoms with Crippen LogP contribution in [-0.4, -0.2) is 22.8 Å². The lowest BCUT2D eigenvalue weighted by Gasteiger charge is -2.31. The van der Waals surface area contributed by atoms with Gasteiger partial charge in [0.15, 0.2) is 0 Å². The Kier molecular flexibility index (Phi) is 9.02. The van der Waals surface area contributed by atoms with Gasteiger partial charge in [0.1, 0.15) is 11.9 Å². The van der Waals surface area contributed by atoms with Gasteiger partial charge in [0.25, 0.3) is 0 Å². The van der Waals surface area contributed by atoms with Crippen molar-refractivity contribution >= 4 is 23.4 Å². The summed E-state index contributed by atoms with van der Waals surface area (Å²) in [7, 11) is 0. The molecule has 3 rings (SSSR count). The SMILES string of the molecule is CCCC(=O)N(Cc1ccc(F)cc1)[C@@H](Cc1ccccc1)C(=O)NCc1ccc(Cl)cc1. The van der Waals surface area contributed by atoms with Crippen LogP contribution in [0.3, 0.4) is 0 Å². The molecule has 0 fully saturated rings. The summed E-state index contributed by atoms with van der Waals surface area (Å²) in [4.78, 5) is 28.1. The largest absolute Gasteiger partial charge is 0.350 e. The number of carbonyl (C=O) groups excluding carboxylic acids is 2. The van der Waals surface area contributed by atoms with E-state index in [2.05, 4.69) is 5.32 Å². The molecule has 0 spiro atoms. The summed E-state index contributed by atoms with van der Waals surface area (Å²) >= 11 is 5.95. The number of hydrogen-bond donors (Lipinski definition) is 1. The highest BCUT2D eigenvalue weighted by Crippen LogP contribution is 2.17. The number of amides is 2. The van der Waals surface area contributed by atoms with E-state index in [1.165, 1.54) is 12.1 Å². The number of carbonyl (C=O) groups is 2.